The smallest absolute Gasteiger partial charge is 0.407 e. The zero-order valence-electron chi connectivity index (χ0n) is 33.6. The van der Waals surface area contributed by atoms with E-state index in [4.69, 9.17) is 10.5 Å². The van der Waals surface area contributed by atoms with Gasteiger partial charge in [-0.1, -0.05) is 107 Å². The Balaban J connectivity index is 1.47. The Morgan fingerprint density at radius 3 is 1.61 bits per heavy atom. The van der Waals surface area contributed by atoms with Crippen LogP contribution < -0.4 is 32.3 Å². The normalized spacial score (nSPS) is 14.4. The van der Waals surface area contributed by atoms with Gasteiger partial charge in [0.15, 0.2) is 0 Å². The molecule has 3 aromatic carbocycles. The topological polar surface area (TPSA) is 255 Å². The minimum atomic E-state index is -1.64. The van der Waals surface area contributed by atoms with E-state index >= 15 is 0 Å². The molecule has 0 fully saturated rings. The van der Waals surface area contributed by atoms with Gasteiger partial charge in [-0.05, 0) is 52.5 Å². The fourth-order valence-corrected chi connectivity index (χ4v) is 6.93. The van der Waals surface area contributed by atoms with Gasteiger partial charge in [0.2, 0.25) is 29.5 Å². The number of rotatable bonds is 21. The molecule has 0 heterocycles. The third kappa shape index (κ3) is 13.1. The minimum Gasteiger partial charge on any atom is -0.481 e. The molecule has 0 saturated heterocycles. The van der Waals surface area contributed by atoms with Crippen LogP contribution in [0.15, 0.2) is 78.9 Å². The van der Waals surface area contributed by atoms with Crippen LogP contribution in [0.25, 0.3) is 11.1 Å². The molecule has 0 saturated carbocycles. The van der Waals surface area contributed by atoms with E-state index < -0.39 is 84.8 Å². The molecule has 0 aliphatic heterocycles. The van der Waals surface area contributed by atoms with Crippen LogP contribution in [0.4, 0.5) is 4.79 Å². The summed E-state index contributed by atoms with van der Waals surface area (Å²) >= 11 is 0. The second-order valence-electron chi connectivity index (χ2n) is 15.4. The summed E-state index contributed by atoms with van der Waals surface area (Å²) in [6, 6.07) is 17.2. The van der Waals surface area contributed by atoms with E-state index in [2.05, 4.69) is 26.6 Å². The molecule has 9 N–H and O–H groups in total. The molecule has 3 aromatic rings. The van der Waals surface area contributed by atoms with Crippen LogP contribution in [-0.2, 0) is 39.9 Å². The fourth-order valence-electron chi connectivity index (χ4n) is 6.93. The van der Waals surface area contributed by atoms with E-state index in [1.807, 2.05) is 62.4 Å². The van der Waals surface area contributed by atoms with Gasteiger partial charge in [0.25, 0.3) is 0 Å². The molecular weight excluding hydrogens is 761 g/mol. The first kappa shape index (κ1) is 45.4. The standard InChI is InChI=1S/C43H54N6O10/c1-24(2)18-32(38(44)53)45-42(57)36(22-50)48-40(55)34(20-26-12-6-5-7-13-26)47-39(54)33(19-25(3)4)46-41(56)35(21-37(51)52)49-43(58)59-23-31-29-16-10-8-14-27(29)28-15-9-11-17-30(28)31/h5-17,24-25,31-36,50H,18-23H2,1-4H3,(H2,44,53)(H,45,57)(H,46,56)(H,47,54)(H,48,55)(H,49,58)(H,51,52)/t32-,33-,34-,35-,36-/m0/s1. The maximum Gasteiger partial charge on any atom is 0.407 e. The zero-order chi connectivity index (χ0) is 43.2. The SMILES string of the molecule is CC(C)C[C@H](NC(=O)[C@H](CO)NC(=O)[C@H](Cc1ccccc1)NC(=O)[C@H](CC(C)C)NC(=O)[C@H](CC(=O)O)NC(=O)OCC1c2ccccc2-c2ccccc21)C(N)=O. The van der Waals surface area contributed by atoms with Crippen LogP contribution in [0.3, 0.4) is 0 Å². The number of carbonyl (C=O) groups is 7. The summed E-state index contributed by atoms with van der Waals surface area (Å²) in [6.07, 6.45) is -1.66. The number of aliphatic hydroxyl groups excluding tert-OH is 1. The average Bonchev–Trinajstić information content (AvgIpc) is 3.51. The molecule has 0 aromatic heterocycles. The largest absolute Gasteiger partial charge is 0.481 e. The summed E-state index contributed by atoms with van der Waals surface area (Å²) < 4.78 is 5.55. The van der Waals surface area contributed by atoms with Gasteiger partial charge in [-0.25, -0.2) is 4.79 Å². The van der Waals surface area contributed by atoms with E-state index in [0.29, 0.717) is 5.56 Å². The third-order valence-electron chi connectivity index (χ3n) is 9.77. The van der Waals surface area contributed by atoms with Crippen molar-refractivity contribution in [2.45, 2.75) is 89.5 Å². The summed E-state index contributed by atoms with van der Waals surface area (Å²) in [5.41, 5.74) is 10.0. The molecule has 16 nitrogen and oxygen atoms in total. The lowest BCUT2D eigenvalue weighted by Crippen LogP contribution is -2.60. The van der Waals surface area contributed by atoms with E-state index in [1.54, 1.807) is 44.2 Å². The number of ether oxygens (including phenoxy) is 1. The number of primary amides is 1. The van der Waals surface area contributed by atoms with Crippen molar-refractivity contribution < 1.29 is 48.5 Å². The number of fused-ring (bicyclic) bond motifs is 3. The molecule has 4 rings (SSSR count). The molecule has 6 amide bonds. The molecule has 316 valence electrons. The summed E-state index contributed by atoms with van der Waals surface area (Å²) in [4.78, 5) is 91.4. The molecule has 0 radical (unpaired) electrons. The lowest BCUT2D eigenvalue weighted by atomic mass is 9.98. The van der Waals surface area contributed by atoms with Crippen LogP contribution in [0, 0.1) is 11.8 Å². The first-order valence-corrected chi connectivity index (χ1v) is 19.6. The van der Waals surface area contributed by atoms with Gasteiger partial charge in [0.05, 0.1) is 13.0 Å². The van der Waals surface area contributed by atoms with Gasteiger partial charge in [-0.3, -0.25) is 28.8 Å². The molecule has 16 heteroatoms. The third-order valence-corrected chi connectivity index (χ3v) is 9.77. The maximum atomic E-state index is 13.9. The van der Waals surface area contributed by atoms with Crippen molar-refractivity contribution in [2.24, 2.45) is 17.6 Å². The predicted molar refractivity (Wildman–Crippen MR) is 217 cm³/mol. The molecule has 0 unspecified atom stereocenters. The van der Waals surface area contributed by atoms with Crippen molar-refractivity contribution in [3.8, 4) is 11.1 Å². The Morgan fingerprint density at radius 2 is 1.07 bits per heavy atom. The molecule has 5 atom stereocenters. The maximum absolute atomic E-state index is 13.9. The van der Waals surface area contributed by atoms with Crippen molar-refractivity contribution in [3.05, 3.63) is 95.6 Å². The number of benzene rings is 3. The number of carbonyl (C=O) groups excluding carboxylic acids is 6. The Hall–Kier alpha value is -6.29. The molecule has 1 aliphatic carbocycles. The van der Waals surface area contributed by atoms with Gasteiger partial charge in [0, 0.05) is 12.3 Å². The highest BCUT2D eigenvalue weighted by Gasteiger charge is 2.34. The number of nitrogens with two attached hydrogens (primary N) is 1. The van der Waals surface area contributed by atoms with Gasteiger partial charge in [-0.2, -0.15) is 0 Å². The number of amides is 6. The zero-order valence-corrected chi connectivity index (χ0v) is 33.6. The number of alkyl carbamates (subject to hydrolysis) is 1. The second kappa shape index (κ2) is 21.5. The number of aliphatic hydroxyl groups is 1. The van der Waals surface area contributed by atoms with E-state index in [9.17, 15) is 43.8 Å². The van der Waals surface area contributed by atoms with E-state index in [-0.39, 0.29) is 43.6 Å². The highest BCUT2D eigenvalue weighted by molar-refractivity contribution is 5.97. The number of carboxylic acids is 1. The molecular formula is C43H54N6O10. The Bertz CT molecular complexity index is 1930. The first-order valence-electron chi connectivity index (χ1n) is 19.6. The first-order chi connectivity index (χ1) is 28.1. The Morgan fingerprint density at radius 1 is 0.610 bits per heavy atom. The van der Waals surface area contributed by atoms with Gasteiger partial charge >= 0.3 is 12.1 Å². The predicted octanol–water partition coefficient (Wildman–Crippen LogP) is 2.12. The lowest BCUT2D eigenvalue weighted by molar-refractivity contribution is -0.140. The average molecular weight is 815 g/mol. The van der Waals surface area contributed by atoms with E-state index in [0.717, 1.165) is 22.3 Å². The van der Waals surface area contributed by atoms with Crippen molar-refractivity contribution >= 4 is 41.6 Å². The van der Waals surface area contributed by atoms with Crippen LogP contribution in [0.2, 0.25) is 0 Å². The van der Waals surface area contributed by atoms with Crippen molar-refractivity contribution in [3.63, 3.8) is 0 Å². The second-order valence-corrected chi connectivity index (χ2v) is 15.4. The van der Waals surface area contributed by atoms with Crippen LogP contribution in [0.5, 0.6) is 0 Å². The van der Waals surface area contributed by atoms with Crippen molar-refractivity contribution in [1.29, 1.82) is 0 Å². The van der Waals surface area contributed by atoms with Gasteiger partial charge < -0.3 is 47.3 Å². The van der Waals surface area contributed by atoms with Crippen molar-refractivity contribution in [2.75, 3.05) is 13.2 Å². The summed E-state index contributed by atoms with van der Waals surface area (Å²) in [5.74, 6) is -6.19. The Kier molecular flexibility index (Phi) is 16.5. The van der Waals surface area contributed by atoms with Gasteiger partial charge in [0.1, 0.15) is 36.8 Å². The fraction of sp³-hybridized carbons (Fsp3) is 0.419. The van der Waals surface area contributed by atoms with Crippen molar-refractivity contribution in [1.82, 2.24) is 26.6 Å². The number of hydrogen-bond acceptors (Lipinski definition) is 9. The highest BCUT2D eigenvalue weighted by atomic mass is 16.5. The van der Waals surface area contributed by atoms with Gasteiger partial charge in [-0.15, -0.1) is 0 Å². The quantitative estimate of drug-likeness (QED) is 0.0778. The van der Waals surface area contributed by atoms with Crippen LogP contribution in [0.1, 0.15) is 69.6 Å². The number of hydrogen-bond donors (Lipinski definition) is 8. The number of aliphatic carboxylic acids is 1. The summed E-state index contributed by atoms with van der Waals surface area (Å²) in [5, 5.41) is 32.1. The number of carboxylic acid groups (broad SMARTS) is 1. The number of nitrogens with one attached hydrogen (secondary N) is 5. The monoisotopic (exact) mass is 814 g/mol. The molecule has 0 bridgehead atoms. The lowest BCUT2D eigenvalue weighted by Gasteiger charge is -2.27. The molecule has 1 aliphatic rings. The highest BCUT2D eigenvalue weighted by Crippen LogP contribution is 2.44. The molecule has 59 heavy (non-hydrogen) atoms. The summed E-state index contributed by atoms with van der Waals surface area (Å²) in [6.45, 7) is 6.29. The van der Waals surface area contributed by atoms with E-state index in [1.165, 1.54) is 0 Å². The summed E-state index contributed by atoms with van der Waals surface area (Å²) in [7, 11) is 0. The Labute approximate surface area is 343 Å². The molecule has 0 spiro atoms. The van der Waals surface area contributed by atoms with Crippen LogP contribution in [-0.4, -0.2) is 95.2 Å². The van der Waals surface area contributed by atoms with Crippen LogP contribution >= 0.6 is 0 Å². The minimum absolute atomic E-state index is 0.0113.